The summed E-state index contributed by atoms with van der Waals surface area (Å²) in [7, 11) is 3.54. The molecule has 5 nitrogen and oxygen atoms in total. The minimum Gasteiger partial charge on any atom is -0.424 e. The number of hydrogen-bond acceptors (Lipinski definition) is 5. The number of ether oxygens (including phenoxy) is 2. The van der Waals surface area contributed by atoms with E-state index in [1.54, 1.807) is 19.5 Å². The molecule has 2 aromatic rings. The van der Waals surface area contributed by atoms with E-state index in [9.17, 15) is 0 Å². The predicted molar refractivity (Wildman–Crippen MR) is 72.0 cm³/mol. The molecular weight excluding hydrogens is 242 g/mol. The van der Waals surface area contributed by atoms with Crippen molar-refractivity contribution in [2.75, 3.05) is 14.2 Å². The fraction of sp³-hybridized carbons (Fsp3) is 0.286. The van der Waals surface area contributed by atoms with Crippen LogP contribution in [0.4, 0.5) is 0 Å². The Labute approximate surface area is 112 Å². The summed E-state index contributed by atoms with van der Waals surface area (Å²) >= 11 is 0. The molecule has 0 radical (unpaired) electrons. The van der Waals surface area contributed by atoms with Crippen molar-refractivity contribution in [3.8, 4) is 11.8 Å². The van der Waals surface area contributed by atoms with Gasteiger partial charge in [0.1, 0.15) is 5.75 Å². The number of aromatic nitrogens is 2. The molecule has 0 fully saturated rings. The van der Waals surface area contributed by atoms with Crippen LogP contribution in [0.3, 0.4) is 0 Å². The molecular formula is C14H17N3O2. The fourth-order valence-corrected chi connectivity index (χ4v) is 1.66. The molecule has 1 N–H and O–H groups in total. The highest BCUT2D eigenvalue weighted by Crippen LogP contribution is 2.19. The van der Waals surface area contributed by atoms with Crippen molar-refractivity contribution in [3.63, 3.8) is 0 Å². The number of rotatable bonds is 6. The van der Waals surface area contributed by atoms with Crippen molar-refractivity contribution < 1.29 is 9.47 Å². The van der Waals surface area contributed by atoms with Gasteiger partial charge in [0.2, 0.25) is 0 Å². The van der Waals surface area contributed by atoms with E-state index in [0.29, 0.717) is 18.4 Å². The van der Waals surface area contributed by atoms with Crippen LogP contribution in [0, 0.1) is 0 Å². The largest absolute Gasteiger partial charge is 0.424 e. The Hall–Kier alpha value is -1.98. The van der Waals surface area contributed by atoms with E-state index in [1.807, 2.05) is 31.3 Å². The molecule has 0 saturated carbocycles. The summed E-state index contributed by atoms with van der Waals surface area (Å²) in [6.07, 6.45) is 3.50. The van der Waals surface area contributed by atoms with E-state index >= 15 is 0 Å². The topological polar surface area (TPSA) is 56.3 Å². The van der Waals surface area contributed by atoms with Crippen molar-refractivity contribution >= 4 is 0 Å². The Kier molecular flexibility index (Phi) is 4.83. The maximum Gasteiger partial charge on any atom is 0.321 e. The van der Waals surface area contributed by atoms with Gasteiger partial charge in [0.15, 0.2) is 0 Å². The van der Waals surface area contributed by atoms with Gasteiger partial charge in [-0.2, -0.15) is 0 Å². The third-order valence-corrected chi connectivity index (χ3v) is 2.48. The molecule has 100 valence electrons. The quantitative estimate of drug-likeness (QED) is 0.861. The lowest BCUT2D eigenvalue weighted by Crippen LogP contribution is -2.06. The van der Waals surface area contributed by atoms with E-state index in [0.717, 1.165) is 17.7 Å². The zero-order valence-corrected chi connectivity index (χ0v) is 11.1. The molecule has 0 saturated heterocycles. The van der Waals surface area contributed by atoms with Gasteiger partial charge in [-0.25, -0.2) is 9.97 Å². The number of nitrogens with one attached hydrogen (secondary N) is 1. The molecule has 0 atom stereocenters. The van der Waals surface area contributed by atoms with Gasteiger partial charge >= 0.3 is 6.01 Å². The minimum atomic E-state index is 0.342. The van der Waals surface area contributed by atoms with Crippen molar-refractivity contribution in [2.24, 2.45) is 0 Å². The summed E-state index contributed by atoms with van der Waals surface area (Å²) in [6, 6.07) is 8.01. The Morgan fingerprint density at radius 2 is 1.95 bits per heavy atom. The molecule has 1 aromatic heterocycles. The van der Waals surface area contributed by atoms with E-state index in [-0.39, 0.29) is 0 Å². The molecule has 1 aromatic carbocycles. The first-order valence-corrected chi connectivity index (χ1v) is 6.03. The minimum absolute atomic E-state index is 0.342. The molecule has 0 bridgehead atoms. The van der Waals surface area contributed by atoms with Crippen molar-refractivity contribution in [3.05, 3.63) is 47.8 Å². The normalized spacial score (nSPS) is 10.4. The monoisotopic (exact) mass is 259 g/mol. The van der Waals surface area contributed by atoms with Crippen LogP contribution >= 0.6 is 0 Å². The Morgan fingerprint density at radius 3 is 2.63 bits per heavy atom. The van der Waals surface area contributed by atoms with Crippen LogP contribution in [0.2, 0.25) is 0 Å². The smallest absolute Gasteiger partial charge is 0.321 e. The molecule has 0 amide bonds. The van der Waals surface area contributed by atoms with Gasteiger partial charge in [-0.3, -0.25) is 0 Å². The highest BCUT2D eigenvalue weighted by molar-refractivity contribution is 5.30. The molecule has 0 aliphatic carbocycles. The second-order valence-electron chi connectivity index (χ2n) is 4.09. The van der Waals surface area contributed by atoms with Gasteiger partial charge in [-0.1, -0.05) is 12.1 Å². The third-order valence-electron chi connectivity index (χ3n) is 2.48. The maximum atomic E-state index is 5.60. The standard InChI is InChI=1S/C14H17N3O2/c1-15-7-12-8-16-14(17-9-12)19-13-5-3-4-11(6-13)10-18-2/h3-6,8-9,15H,7,10H2,1-2H3. The predicted octanol–water partition coefficient (Wildman–Crippen LogP) is 2.13. The first-order chi connectivity index (χ1) is 9.31. The summed E-state index contributed by atoms with van der Waals surface area (Å²) in [5.41, 5.74) is 2.06. The van der Waals surface area contributed by atoms with Crippen LogP contribution in [0.1, 0.15) is 11.1 Å². The van der Waals surface area contributed by atoms with Gasteiger partial charge in [0.05, 0.1) is 6.61 Å². The second kappa shape index (κ2) is 6.82. The number of methoxy groups -OCH3 is 1. The maximum absolute atomic E-state index is 5.60. The lowest BCUT2D eigenvalue weighted by Gasteiger charge is -2.06. The molecule has 0 unspecified atom stereocenters. The van der Waals surface area contributed by atoms with Crippen LogP contribution in [0.25, 0.3) is 0 Å². The number of benzene rings is 1. The van der Waals surface area contributed by atoms with Crippen LogP contribution in [-0.4, -0.2) is 24.1 Å². The van der Waals surface area contributed by atoms with Gasteiger partial charge in [0, 0.05) is 31.6 Å². The van der Waals surface area contributed by atoms with Crippen molar-refractivity contribution in [1.29, 1.82) is 0 Å². The van der Waals surface area contributed by atoms with Gasteiger partial charge < -0.3 is 14.8 Å². The average molecular weight is 259 g/mol. The summed E-state index contributed by atoms with van der Waals surface area (Å²) in [5.74, 6) is 0.705. The molecule has 0 aliphatic rings. The molecule has 0 spiro atoms. The third kappa shape index (κ3) is 4.01. The summed E-state index contributed by atoms with van der Waals surface area (Å²) in [5, 5.41) is 3.04. The van der Waals surface area contributed by atoms with Crippen LogP contribution in [0.15, 0.2) is 36.7 Å². The van der Waals surface area contributed by atoms with E-state index in [1.165, 1.54) is 0 Å². The van der Waals surface area contributed by atoms with E-state index in [4.69, 9.17) is 9.47 Å². The van der Waals surface area contributed by atoms with Crippen LogP contribution < -0.4 is 10.1 Å². The van der Waals surface area contributed by atoms with Gasteiger partial charge in [-0.05, 0) is 24.7 Å². The van der Waals surface area contributed by atoms with Gasteiger partial charge in [-0.15, -0.1) is 0 Å². The summed E-state index contributed by atoms with van der Waals surface area (Å²) in [6.45, 7) is 1.29. The molecule has 1 heterocycles. The first-order valence-electron chi connectivity index (χ1n) is 6.03. The number of hydrogen-bond donors (Lipinski definition) is 1. The van der Waals surface area contributed by atoms with Gasteiger partial charge in [0.25, 0.3) is 0 Å². The fourth-order valence-electron chi connectivity index (χ4n) is 1.66. The molecule has 19 heavy (non-hydrogen) atoms. The second-order valence-corrected chi connectivity index (χ2v) is 4.09. The summed E-state index contributed by atoms with van der Waals surface area (Å²) < 4.78 is 10.7. The van der Waals surface area contributed by atoms with Crippen LogP contribution in [0.5, 0.6) is 11.8 Å². The van der Waals surface area contributed by atoms with Crippen LogP contribution in [-0.2, 0) is 17.9 Å². The average Bonchev–Trinajstić information content (AvgIpc) is 2.42. The zero-order chi connectivity index (χ0) is 13.5. The summed E-state index contributed by atoms with van der Waals surface area (Å²) in [4.78, 5) is 8.33. The Bertz CT molecular complexity index is 514. The van der Waals surface area contributed by atoms with E-state index < -0.39 is 0 Å². The molecule has 5 heteroatoms. The SMILES string of the molecule is CNCc1cnc(Oc2cccc(COC)c2)nc1. The lowest BCUT2D eigenvalue weighted by atomic mass is 10.2. The Balaban J connectivity index is 2.05. The van der Waals surface area contributed by atoms with Crippen molar-refractivity contribution in [2.45, 2.75) is 13.2 Å². The Morgan fingerprint density at radius 1 is 1.16 bits per heavy atom. The first kappa shape index (κ1) is 13.5. The zero-order valence-electron chi connectivity index (χ0n) is 11.1. The van der Waals surface area contributed by atoms with Crippen molar-refractivity contribution in [1.82, 2.24) is 15.3 Å². The molecule has 2 rings (SSSR count). The highest BCUT2D eigenvalue weighted by Gasteiger charge is 2.02. The molecule has 0 aliphatic heterocycles. The lowest BCUT2D eigenvalue weighted by molar-refractivity contribution is 0.184. The van der Waals surface area contributed by atoms with E-state index in [2.05, 4.69) is 15.3 Å². The highest BCUT2D eigenvalue weighted by atomic mass is 16.5. The number of nitrogens with zero attached hydrogens (tertiary/aromatic N) is 2.